The first-order valence-corrected chi connectivity index (χ1v) is 7.09. The van der Waals surface area contributed by atoms with Gasteiger partial charge in [0.05, 0.1) is 6.61 Å². The normalized spacial score (nSPS) is 22.1. The van der Waals surface area contributed by atoms with Gasteiger partial charge in [0.2, 0.25) is 0 Å². The monoisotopic (exact) mass is 276 g/mol. The molecule has 0 N–H and O–H groups in total. The van der Waals surface area contributed by atoms with E-state index < -0.39 is 17.9 Å². The minimum absolute atomic E-state index is 0.0459. The fourth-order valence-corrected chi connectivity index (χ4v) is 2.55. The predicted octanol–water partition coefficient (Wildman–Crippen LogP) is 2.71. The Morgan fingerprint density at radius 2 is 2.10 bits per heavy atom. The molecule has 1 fully saturated rings. The summed E-state index contributed by atoms with van der Waals surface area (Å²) in [5.41, 5.74) is 0.914. The summed E-state index contributed by atoms with van der Waals surface area (Å²) in [6.45, 7) is 2.65. The van der Waals surface area contributed by atoms with E-state index in [0.717, 1.165) is 24.8 Å². The fourth-order valence-electron chi connectivity index (χ4n) is 2.55. The van der Waals surface area contributed by atoms with Gasteiger partial charge in [0.25, 0.3) is 0 Å². The SMILES string of the molecule is CCC[C@@H]1CCOC(=O)[C@H]1C(=O)OCc1ccccc1. The van der Waals surface area contributed by atoms with Crippen molar-refractivity contribution < 1.29 is 19.1 Å². The molecular formula is C16H20O4. The predicted molar refractivity (Wildman–Crippen MR) is 73.7 cm³/mol. The third-order valence-electron chi connectivity index (χ3n) is 3.60. The summed E-state index contributed by atoms with van der Waals surface area (Å²) in [5.74, 6) is -1.61. The average molecular weight is 276 g/mol. The molecule has 1 aromatic carbocycles. The highest BCUT2D eigenvalue weighted by Crippen LogP contribution is 2.28. The molecule has 2 rings (SSSR count). The third-order valence-corrected chi connectivity index (χ3v) is 3.60. The Bertz CT molecular complexity index is 453. The number of carbonyl (C=O) groups is 2. The largest absolute Gasteiger partial charge is 0.465 e. The zero-order valence-electron chi connectivity index (χ0n) is 11.7. The molecule has 0 radical (unpaired) electrons. The van der Waals surface area contributed by atoms with Gasteiger partial charge in [0.1, 0.15) is 6.61 Å². The molecule has 108 valence electrons. The van der Waals surface area contributed by atoms with Gasteiger partial charge in [-0.1, -0.05) is 43.7 Å². The molecule has 0 spiro atoms. The van der Waals surface area contributed by atoms with Crippen LogP contribution in [0.5, 0.6) is 0 Å². The maximum Gasteiger partial charge on any atom is 0.320 e. The lowest BCUT2D eigenvalue weighted by atomic mass is 9.84. The smallest absolute Gasteiger partial charge is 0.320 e. The highest BCUT2D eigenvalue weighted by molar-refractivity contribution is 5.95. The number of hydrogen-bond donors (Lipinski definition) is 0. The standard InChI is InChI=1S/C16H20O4/c1-2-6-13-9-10-19-15(17)14(13)16(18)20-11-12-7-4-3-5-8-12/h3-5,7-8,13-14H,2,6,9-11H2,1H3/t13-,14+/m1/s1. The van der Waals surface area contributed by atoms with Crippen LogP contribution in [0.15, 0.2) is 30.3 Å². The van der Waals surface area contributed by atoms with Crippen LogP contribution in [0.1, 0.15) is 31.7 Å². The van der Waals surface area contributed by atoms with Gasteiger partial charge < -0.3 is 9.47 Å². The first-order chi connectivity index (χ1) is 9.72. The number of rotatable bonds is 5. The van der Waals surface area contributed by atoms with Crippen molar-refractivity contribution in [2.24, 2.45) is 11.8 Å². The molecule has 1 aliphatic rings. The second-order valence-corrected chi connectivity index (χ2v) is 5.08. The minimum Gasteiger partial charge on any atom is -0.465 e. The number of esters is 2. The summed E-state index contributed by atoms with van der Waals surface area (Å²) in [6, 6.07) is 9.45. The Kier molecular flexibility index (Phi) is 5.16. The lowest BCUT2D eigenvalue weighted by molar-refractivity contribution is -0.171. The maximum absolute atomic E-state index is 12.1. The van der Waals surface area contributed by atoms with Gasteiger partial charge in [-0.15, -0.1) is 0 Å². The van der Waals surface area contributed by atoms with Crippen LogP contribution in [0.4, 0.5) is 0 Å². The van der Waals surface area contributed by atoms with E-state index in [1.807, 2.05) is 37.3 Å². The van der Waals surface area contributed by atoms with Gasteiger partial charge in [-0.3, -0.25) is 9.59 Å². The molecular weight excluding hydrogens is 256 g/mol. The molecule has 0 aliphatic carbocycles. The average Bonchev–Trinajstić information content (AvgIpc) is 2.46. The third kappa shape index (κ3) is 3.59. The van der Waals surface area contributed by atoms with E-state index in [2.05, 4.69) is 0 Å². The van der Waals surface area contributed by atoms with E-state index in [0.29, 0.717) is 6.61 Å². The fraction of sp³-hybridized carbons (Fsp3) is 0.500. The number of carbonyl (C=O) groups excluding carboxylic acids is 2. The minimum atomic E-state index is -0.757. The molecule has 1 heterocycles. The lowest BCUT2D eigenvalue weighted by Gasteiger charge is -2.28. The van der Waals surface area contributed by atoms with Gasteiger partial charge in [-0.05, 0) is 24.3 Å². The van der Waals surface area contributed by atoms with E-state index in [4.69, 9.17) is 9.47 Å². The summed E-state index contributed by atoms with van der Waals surface area (Å²) in [4.78, 5) is 24.0. The highest BCUT2D eigenvalue weighted by Gasteiger charge is 2.39. The molecule has 0 amide bonds. The molecule has 1 saturated heterocycles. The van der Waals surface area contributed by atoms with Crippen molar-refractivity contribution in [3.05, 3.63) is 35.9 Å². The second kappa shape index (κ2) is 7.08. The molecule has 1 aromatic rings. The van der Waals surface area contributed by atoms with Crippen LogP contribution in [-0.2, 0) is 25.7 Å². The van der Waals surface area contributed by atoms with E-state index in [-0.39, 0.29) is 12.5 Å². The molecule has 0 aromatic heterocycles. The van der Waals surface area contributed by atoms with Crippen LogP contribution in [0, 0.1) is 11.8 Å². The molecule has 0 unspecified atom stereocenters. The van der Waals surface area contributed by atoms with E-state index in [1.165, 1.54) is 0 Å². The number of ether oxygens (including phenoxy) is 2. The van der Waals surface area contributed by atoms with Crippen LogP contribution in [0.3, 0.4) is 0 Å². The molecule has 4 nitrogen and oxygen atoms in total. The quantitative estimate of drug-likeness (QED) is 0.613. The summed E-state index contributed by atoms with van der Waals surface area (Å²) >= 11 is 0. The van der Waals surface area contributed by atoms with Crippen molar-refractivity contribution in [3.63, 3.8) is 0 Å². The highest BCUT2D eigenvalue weighted by atomic mass is 16.6. The molecule has 0 bridgehead atoms. The van der Waals surface area contributed by atoms with Crippen LogP contribution >= 0.6 is 0 Å². The topological polar surface area (TPSA) is 52.6 Å². The number of cyclic esters (lactones) is 1. The van der Waals surface area contributed by atoms with Gasteiger partial charge in [0.15, 0.2) is 5.92 Å². The summed E-state index contributed by atoms with van der Waals surface area (Å²) in [5, 5.41) is 0. The molecule has 4 heteroatoms. The van der Waals surface area contributed by atoms with E-state index >= 15 is 0 Å². The zero-order chi connectivity index (χ0) is 14.4. The Hall–Kier alpha value is -1.84. The second-order valence-electron chi connectivity index (χ2n) is 5.08. The maximum atomic E-state index is 12.1. The first kappa shape index (κ1) is 14.6. The van der Waals surface area contributed by atoms with Crippen LogP contribution in [-0.4, -0.2) is 18.5 Å². The number of benzene rings is 1. The van der Waals surface area contributed by atoms with E-state index in [1.54, 1.807) is 0 Å². The van der Waals surface area contributed by atoms with Crippen molar-refractivity contribution in [1.29, 1.82) is 0 Å². The van der Waals surface area contributed by atoms with Gasteiger partial charge in [-0.25, -0.2) is 0 Å². The molecule has 0 saturated carbocycles. The van der Waals surface area contributed by atoms with Crippen molar-refractivity contribution >= 4 is 11.9 Å². The Morgan fingerprint density at radius 3 is 2.80 bits per heavy atom. The Balaban J connectivity index is 1.96. The molecule has 20 heavy (non-hydrogen) atoms. The summed E-state index contributed by atoms with van der Waals surface area (Å²) in [7, 11) is 0. The van der Waals surface area contributed by atoms with Gasteiger partial charge >= 0.3 is 11.9 Å². The van der Waals surface area contributed by atoms with Crippen molar-refractivity contribution in [2.75, 3.05) is 6.61 Å². The van der Waals surface area contributed by atoms with Gasteiger partial charge in [0, 0.05) is 0 Å². The zero-order valence-corrected chi connectivity index (χ0v) is 11.7. The van der Waals surface area contributed by atoms with Crippen molar-refractivity contribution in [3.8, 4) is 0 Å². The van der Waals surface area contributed by atoms with Crippen LogP contribution < -0.4 is 0 Å². The summed E-state index contributed by atoms with van der Waals surface area (Å²) < 4.78 is 10.3. The van der Waals surface area contributed by atoms with Crippen LogP contribution in [0.25, 0.3) is 0 Å². The first-order valence-electron chi connectivity index (χ1n) is 7.09. The molecule has 1 aliphatic heterocycles. The Morgan fingerprint density at radius 1 is 1.35 bits per heavy atom. The van der Waals surface area contributed by atoms with Crippen LogP contribution in [0.2, 0.25) is 0 Å². The summed E-state index contributed by atoms with van der Waals surface area (Å²) in [6.07, 6.45) is 2.53. The van der Waals surface area contributed by atoms with Crippen molar-refractivity contribution in [2.45, 2.75) is 32.8 Å². The Labute approximate surface area is 119 Å². The number of hydrogen-bond acceptors (Lipinski definition) is 4. The van der Waals surface area contributed by atoms with Gasteiger partial charge in [-0.2, -0.15) is 0 Å². The van der Waals surface area contributed by atoms with Crippen molar-refractivity contribution in [1.82, 2.24) is 0 Å². The van der Waals surface area contributed by atoms with E-state index in [9.17, 15) is 9.59 Å². The molecule has 2 atom stereocenters. The lowest BCUT2D eigenvalue weighted by Crippen LogP contribution is -2.39.